The van der Waals surface area contributed by atoms with Crippen molar-refractivity contribution >= 4 is 29.6 Å². The fourth-order valence-electron chi connectivity index (χ4n) is 5.91. The molecule has 1 saturated heterocycles. The summed E-state index contributed by atoms with van der Waals surface area (Å²) in [6.07, 6.45) is 2.85. The Morgan fingerprint density at radius 2 is 1.44 bits per heavy atom. The maximum Gasteiger partial charge on any atom is 0.330 e. The first-order chi connectivity index (χ1) is 17.4. The van der Waals surface area contributed by atoms with Crippen molar-refractivity contribution in [2.45, 2.75) is 31.7 Å². The Morgan fingerprint density at radius 1 is 0.861 bits per heavy atom. The zero-order valence-electron chi connectivity index (χ0n) is 19.6. The lowest BCUT2D eigenvalue weighted by molar-refractivity contribution is -0.160. The lowest BCUT2D eigenvalue weighted by atomic mass is 9.81. The van der Waals surface area contributed by atoms with E-state index in [9.17, 15) is 24.0 Å². The Balaban J connectivity index is 1.25. The Bertz CT molecular complexity index is 1160. The Labute approximate surface area is 208 Å². The molecule has 0 unspecified atom stereocenters. The van der Waals surface area contributed by atoms with E-state index in [1.165, 1.54) is 0 Å². The normalized spacial score (nSPS) is 24.8. The van der Waals surface area contributed by atoms with Gasteiger partial charge in [0.1, 0.15) is 6.04 Å². The van der Waals surface area contributed by atoms with Crippen LogP contribution in [0.25, 0.3) is 0 Å². The number of fused-ring (bicyclic) bond motifs is 5. The quantitative estimate of drug-likeness (QED) is 0.346. The molecule has 9 nitrogen and oxygen atoms in total. The lowest BCUT2D eigenvalue weighted by Crippen LogP contribution is -2.49. The summed E-state index contributed by atoms with van der Waals surface area (Å²) in [6.45, 7) is -0.673. The van der Waals surface area contributed by atoms with Gasteiger partial charge >= 0.3 is 5.97 Å². The number of ether oxygens (including phenoxy) is 1. The van der Waals surface area contributed by atoms with E-state index in [4.69, 9.17) is 4.74 Å². The molecule has 0 aromatic heterocycles. The highest BCUT2D eigenvalue weighted by molar-refractivity contribution is 6.08. The van der Waals surface area contributed by atoms with Crippen molar-refractivity contribution in [2.75, 3.05) is 6.61 Å². The highest BCUT2D eigenvalue weighted by Crippen LogP contribution is 2.56. The summed E-state index contributed by atoms with van der Waals surface area (Å²) in [5.41, 5.74) is 5.57. The van der Waals surface area contributed by atoms with Crippen molar-refractivity contribution in [1.29, 1.82) is 0 Å². The van der Waals surface area contributed by atoms with Gasteiger partial charge in [-0.05, 0) is 48.8 Å². The van der Waals surface area contributed by atoms with Crippen LogP contribution >= 0.6 is 0 Å². The van der Waals surface area contributed by atoms with E-state index in [1.807, 2.05) is 30.3 Å². The second-order valence-electron chi connectivity index (χ2n) is 9.61. The zero-order valence-corrected chi connectivity index (χ0v) is 19.6. The smallest absolute Gasteiger partial charge is 0.330 e. The van der Waals surface area contributed by atoms with Crippen LogP contribution in [0.1, 0.15) is 35.2 Å². The number of nitrogens with zero attached hydrogens (tertiary/aromatic N) is 1. The molecule has 2 N–H and O–H groups in total. The first-order valence-electron chi connectivity index (χ1n) is 12.2. The van der Waals surface area contributed by atoms with Crippen LogP contribution in [0.3, 0.4) is 0 Å². The van der Waals surface area contributed by atoms with Gasteiger partial charge in [0.2, 0.25) is 11.8 Å². The number of carbonyl (C=O) groups is 5. The molecule has 2 aromatic carbocycles. The van der Waals surface area contributed by atoms with Crippen LogP contribution < -0.4 is 10.9 Å². The molecule has 2 aliphatic carbocycles. The summed E-state index contributed by atoms with van der Waals surface area (Å²) in [5.74, 6) is -3.08. The van der Waals surface area contributed by atoms with Crippen LogP contribution in [0.2, 0.25) is 0 Å². The van der Waals surface area contributed by atoms with E-state index < -0.39 is 30.4 Å². The SMILES string of the molecule is O=C(COC(=O)[C@H](Cc1ccccc1)N1C(=O)[C@@H]2[C@H]3CC[C@@H](C3)[C@H]2C1=O)NNC(=O)c1ccccc1. The van der Waals surface area contributed by atoms with Gasteiger partial charge in [-0.1, -0.05) is 48.5 Å². The first kappa shape index (κ1) is 23.7. The van der Waals surface area contributed by atoms with Crippen molar-refractivity contribution in [1.82, 2.24) is 15.8 Å². The largest absolute Gasteiger partial charge is 0.454 e. The molecule has 1 aliphatic heterocycles. The molecule has 186 valence electrons. The molecule has 2 saturated carbocycles. The summed E-state index contributed by atoms with van der Waals surface area (Å²) < 4.78 is 5.23. The van der Waals surface area contributed by atoms with Crippen molar-refractivity contribution in [3.05, 3.63) is 71.8 Å². The van der Waals surface area contributed by atoms with Crippen LogP contribution in [0, 0.1) is 23.7 Å². The van der Waals surface area contributed by atoms with E-state index in [1.54, 1.807) is 30.3 Å². The molecule has 0 radical (unpaired) electrons. The number of esters is 1. The van der Waals surface area contributed by atoms with Crippen molar-refractivity contribution in [3.63, 3.8) is 0 Å². The van der Waals surface area contributed by atoms with Gasteiger partial charge in [-0.3, -0.25) is 34.9 Å². The van der Waals surface area contributed by atoms with Gasteiger partial charge in [0.05, 0.1) is 11.8 Å². The number of hydrazine groups is 1. The minimum absolute atomic E-state index is 0.0955. The topological polar surface area (TPSA) is 122 Å². The minimum Gasteiger partial charge on any atom is -0.454 e. The number of hydrogen-bond acceptors (Lipinski definition) is 6. The number of imide groups is 1. The van der Waals surface area contributed by atoms with Crippen LogP contribution in [-0.2, 0) is 30.3 Å². The second kappa shape index (κ2) is 9.93. The predicted molar refractivity (Wildman–Crippen MR) is 127 cm³/mol. The molecule has 4 amide bonds. The molecule has 1 heterocycles. The maximum atomic E-state index is 13.3. The van der Waals surface area contributed by atoms with E-state index in [-0.39, 0.29) is 41.9 Å². The average Bonchev–Trinajstić information content (AvgIpc) is 3.59. The van der Waals surface area contributed by atoms with Gasteiger partial charge in [-0.2, -0.15) is 0 Å². The third-order valence-electron chi connectivity index (χ3n) is 7.51. The molecule has 2 bridgehead atoms. The number of carbonyl (C=O) groups excluding carboxylic acids is 5. The maximum absolute atomic E-state index is 13.3. The van der Waals surface area contributed by atoms with E-state index >= 15 is 0 Å². The van der Waals surface area contributed by atoms with Crippen LogP contribution in [0.5, 0.6) is 0 Å². The average molecular weight is 490 g/mol. The van der Waals surface area contributed by atoms with Crippen LogP contribution in [-0.4, -0.2) is 47.1 Å². The molecular weight excluding hydrogens is 462 g/mol. The number of amides is 4. The highest BCUT2D eigenvalue weighted by Gasteiger charge is 2.62. The first-order valence-corrected chi connectivity index (χ1v) is 12.2. The molecule has 9 heteroatoms. The van der Waals surface area contributed by atoms with Crippen molar-refractivity contribution in [3.8, 4) is 0 Å². The molecule has 36 heavy (non-hydrogen) atoms. The van der Waals surface area contributed by atoms with Gasteiger partial charge in [0.15, 0.2) is 6.61 Å². The number of hydrogen-bond donors (Lipinski definition) is 2. The summed E-state index contributed by atoms with van der Waals surface area (Å²) in [7, 11) is 0. The van der Waals surface area contributed by atoms with E-state index in [0.717, 1.165) is 29.7 Å². The summed E-state index contributed by atoms with van der Waals surface area (Å²) >= 11 is 0. The predicted octanol–water partition coefficient (Wildman–Crippen LogP) is 1.63. The highest BCUT2D eigenvalue weighted by atomic mass is 16.5. The molecule has 0 spiro atoms. The van der Waals surface area contributed by atoms with Crippen molar-refractivity contribution < 1.29 is 28.7 Å². The van der Waals surface area contributed by atoms with Crippen molar-refractivity contribution in [2.24, 2.45) is 23.7 Å². The third-order valence-corrected chi connectivity index (χ3v) is 7.51. The third kappa shape index (κ3) is 4.48. The number of nitrogens with one attached hydrogen (secondary N) is 2. The van der Waals surface area contributed by atoms with Gasteiger partial charge in [-0.25, -0.2) is 4.79 Å². The Hall–Kier alpha value is -4.01. The summed E-state index contributed by atoms with van der Waals surface area (Å²) in [6, 6.07) is 16.2. The van der Waals surface area contributed by atoms with Crippen LogP contribution in [0.15, 0.2) is 60.7 Å². The molecule has 2 aromatic rings. The zero-order chi connectivity index (χ0) is 25.2. The molecular formula is C27H27N3O6. The van der Waals surface area contributed by atoms with E-state index in [2.05, 4.69) is 10.9 Å². The number of benzene rings is 2. The molecule has 5 atom stereocenters. The second-order valence-corrected chi connectivity index (χ2v) is 9.61. The Morgan fingerprint density at radius 3 is 2.06 bits per heavy atom. The van der Waals surface area contributed by atoms with Gasteiger partial charge < -0.3 is 4.74 Å². The monoisotopic (exact) mass is 489 g/mol. The van der Waals surface area contributed by atoms with Crippen LogP contribution in [0.4, 0.5) is 0 Å². The standard InChI is InChI=1S/C27H27N3O6/c31-21(28-29-24(32)17-9-5-2-6-10-17)15-36-27(35)20(13-16-7-3-1-4-8-16)30-25(33)22-18-11-12-19(14-18)23(22)26(30)34/h1-10,18-20,22-23H,11-15H2,(H,28,31)(H,29,32)/t18-,19-,20-,22+,23+/m0/s1. The van der Waals surface area contributed by atoms with Gasteiger partial charge in [0.25, 0.3) is 11.8 Å². The minimum atomic E-state index is -1.16. The lowest BCUT2D eigenvalue weighted by Gasteiger charge is -2.26. The molecule has 5 rings (SSSR count). The Kier molecular flexibility index (Phi) is 6.54. The summed E-state index contributed by atoms with van der Waals surface area (Å²) in [5, 5.41) is 0. The fourth-order valence-corrected chi connectivity index (χ4v) is 5.91. The number of likely N-dealkylation sites (tertiary alicyclic amines) is 1. The fraction of sp³-hybridized carbons (Fsp3) is 0.370. The molecule has 3 fully saturated rings. The molecule has 3 aliphatic rings. The summed E-state index contributed by atoms with van der Waals surface area (Å²) in [4.78, 5) is 65.2. The van der Waals surface area contributed by atoms with Gasteiger partial charge in [-0.15, -0.1) is 0 Å². The number of rotatable bonds is 7. The van der Waals surface area contributed by atoms with Gasteiger partial charge in [0, 0.05) is 12.0 Å². The van der Waals surface area contributed by atoms with E-state index in [0.29, 0.717) is 5.56 Å².